The molecule has 21 heavy (non-hydrogen) atoms. The number of rotatable bonds is 9. The molecule has 0 heterocycles. The standard InChI is InChI=1S/C13H21NO6S/c1-3-19-12-6-5-11(7-13(12)20-4-2)21(17,18)14-10(8-15)9-16/h5-7,10,14-16H,3-4,8-9H2,1-2H3. The van der Waals surface area contributed by atoms with Crippen LogP contribution in [0.3, 0.4) is 0 Å². The third-order valence-corrected chi connectivity index (χ3v) is 4.11. The Morgan fingerprint density at radius 1 is 1.10 bits per heavy atom. The fourth-order valence-corrected chi connectivity index (χ4v) is 2.85. The molecule has 120 valence electrons. The van der Waals surface area contributed by atoms with Crippen LogP contribution in [0.25, 0.3) is 0 Å². The average Bonchev–Trinajstić information content (AvgIpc) is 2.47. The molecular formula is C13H21NO6S. The van der Waals surface area contributed by atoms with E-state index in [0.29, 0.717) is 24.7 Å². The van der Waals surface area contributed by atoms with E-state index in [1.165, 1.54) is 18.2 Å². The molecule has 1 aromatic carbocycles. The first kappa shape index (κ1) is 17.7. The van der Waals surface area contributed by atoms with Crippen molar-refractivity contribution in [2.45, 2.75) is 24.8 Å². The van der Waals surface area contributed by atoms with Crippen LogP contribution >= 0.6 is 0 Å². The second-order valence-corrected chi connectivity index (χ2v) is 5.87. The molecule has 0 atom stereocenters. The van der Waals surface area contributed by atoms with E-state index in [1.807, 2.05) is 6.92 Å². The molecule has 0 aromatic heterocycles. The summed E-state index contributed by atoms with van der Waals surface area (Å²) in [7, 11) is -3.86. The van der Waals surface area contributed by atoms with Crippen molar-refractivity contribution in [1.29, 1.82) is 0 Å². The van der Waals surface area contributed by atoms with Crippen LogP contribution < -0.4 is 14.2 Å². The van der Waals surface area contributed by atoms with Gasteiger partial charge in [0.1, 0.15) is 0 Å². The van der Waals surface area contributed by atoms with Gasteiger partial charge in [0.15, 0.2) is 11.5 Å². The molecule has 3 N–H and O–H groups in total. The minimum atomic E-state index is -3.86. The summed E-state index contributed by atoms with van der Waals surface area (Å²) in [6.07, 6.45) is 0. The Morgan fingerprint density at radius 2 is 1.67 bits per heavy atom. The number of benzene rings is 1. The third-order valence-electron chi connectivity index (χ3n) is 2.59. The Hall–Kier alpha value is -1.35. The van der Waals surface area contributed by atoms with Gasteiger partial charge in [0.05, 0.1) is 37.4 Å². The van der Waals surface area contributed by atoms with Crippen LogP contribution in [0.5, 0.6) is 11.5 Å². The maximum absolute atomic E-state index is 12.2. The van der Waals surface area contributed by atoms with E-state index in [1.54, 1.807) is 6.92 Å². The van der Waals surface area contributed by atoms with Gasteiger partial charge in [-0.05, 0) is 26.0 Å². The van der Waals surface area contributed by atoms with Crippen molar-refractivity contribution in [3.8, 4) is 11.5 Å². The highest BCUT2D eigenvalue weighted by atomic mass is 32.2. The molecule has 0 fully saturated rings. The summed E-state index contributed by atoms with van der Waals surface area (Å²) >= 11 is 0. The molecule has 8 heteroatoms. The lowest BCUT2D eigenvalue weighted by Gasteiger charge is -2.16. The van der Waals surface area contributed by atoms with Gasteiger partial charge in [0, 0.05) is 6.07 Å². The highest BCUT2D eigenvalue weighted by Crippen LogP contribution is 2.30. The summed E-state index contributed by atoms with van der Waals surface area (Å²) in [5, 5.41) is 17.9. The van der Waals surface area contributed by atoms with Crippen LogP contribution in [0.15, 0.2) is 23.1 Å². The Bertz CT molecular complexity index is 542. The summed E-state index contributed by atoms with van der Waals surface area (Å²) in [5.74, 6) is 0.783. The van der Waals surface area contributed by atoms with Gasteiger partial charge >= 0.3 is 0 Å². The van der Waals surface area contributed by atoms with E-state index in [4.69, 9.17) is 19.7 Å². The first-order valence-electron chi connectivity index (χ1n) is 6.62. The van der Waals surface area contributed by atoms with Crippen molar-refractivity contribution in [3.63, 3.8) is 0 Å². The third kappa shape index (κ3) is 4.85. The zero-order valence-corrected chi connectivity index (χ0v) is 12.9. The molecule has 0 aliphatic heterocycles. The molecule has 0 aliphatic rings. The van der Waals surface area contributed by atoms with Gasteiger partial charge < -0.3 is 19.7 Å². The lowest BCUT2D eigenvalue weighted by Crippen LogP contribution is -2.40. The topological polar surface area (TPSA) is 105 Å². The van der Waals surface area contributed by atoms with Gasteiger partial charge in [0.2, 0.25) is 10.0 Å². The second kappa shape index (κ2) is 8.18. The number of aliphatic hydroxyl groups is 2. The van der Waals surface area contributed by atoms with Crippen LogP contribution in [0.2, 0.25) is 0 Å². The zero-order valence-electron chi connectivity index (χ0n) is 12.1. The largest absolute Gasteiger partial charge is 0.490 e. The quantitative estimate of drug-likeness (QED) is 0.597. The molecule has 0 radical (unpaired) electrons. The predicted molar refractivity (Wildman–Crippen MR) is 77.1 cm³/mol. The van der Waals surface area contributed by atoms with Gasteiger partial charge in [-0.1, -0.05) is 0 Å². The molecule has 7 nitrogen and oxygen atoms in total. The van der Waals surface area contributed by atoms with Crippen molar-refractivity contribution in [2.75, 3.05) is 26.4 Å². The van der Waals surface area contributed by atoms with Crippen LogP contribution in [-0.2, 0) is 10.0 Å². The van der Waals surface area contributed by atoms with E-state index in [-0.39, 0.29) is 4.90 Å². The van der Waals surface area contributed by atoms with Crippen molar-refractivity contribution in [1.82, 2.24) is 4.72 Å². The summed E-state index contributed by atoms with van der Waals surface area (Å²) < 4.78 is 37.2. The number of ether oxygens (including phenoxy) is 2. The molecule has 0 spiro atoms. The molecule has 0 amide bonds. The Balaban J connectivity index is 3.09. The Kier molecular flexibility index (Phi) is 6.90. The summed E-state index contributed by atoms with van der Waals surface area (Å²) in [6, 6.07) is 3.29. The first-order chi connectivity index (χ1) is 9.98. The van der Waals surface area contributed by atoms with Gasteiger partial charge in [-0.3, -0.25) is 0 Å². The summed E-state index contributed by atoms with van der Waals surface area (Å²) in [4.78, 5) is -0.0266. The Morgan fingerprint density at radius 3 is 2.19 bits per heavy atom. The molecule has 0 saturated carbocycles. The highest BCUT2D eigenvalue weighted by molar-refractivity contribution is 7.89. The summed E-state index contributed by atoms with van der Waals surface area (Å²) in [6.45, 7) is 3.41. The molecule has 0 saturated heterocycles. The monoisotopic (exact) mass is 319 g/mol. The van der Waals surface area contributed by atoms with Crippen molar-refractivity contribution >= 4 is 10.0 Å². The first-order valence-corrected chi connectivity index (χ1v) is 8.10. The minimum Gasteiger partial charge on any atom is -0.490 e. The SMILES string of the molecule is CCOc1ccc(S(=O)(=O)NC(CO)CO)cc1OCC. The van der Waals surface area contributed by atoms with Crippen LogP contribution in [0.4, 0.5) is 0 Å². The molecule has 0 bridgehead atoms. The number of aliphatic hydroxyl groups excluding tert-OH is 2. The normalized spacial score (nSPS) is 11.7. The zero-order chi connectivity index (χ0) is 15.9. The fraction of sp³-hybridized carbons (Fsp3) is 0.538. The predicted octanol–water partition coefficient (Wildman–Crippen LogP) is 0.115. The minimum absolute atomic E-state index is 0.0266. The fourth-order valence-electron chi connectivity index (χ4n) is 1.62. The van der Waals surface area contributed by atoms with Crippen LogP contribution in [-0.4, -0.2) is 51.1 Å². The number of hydrogen-bond acceptors (Lipinski definition) is 6. The van der Waals surface area contributed by atoms with E-state index < -0.39 is 29.3 Å². The van der Waals surface area contributed by atoms with Gasteiger partial charge in [0.25, 0.3) is 0 Å². The lowest BCUT2D eigenvalue weighted by molar-refractivity contribution is 0.185. The lowest BCUT2D eigenvalue weighted by atomic mass is 10.3. The second-order valence-electron chi connectivity index (χ2n) is 4.16. The molecule has 0 aliphatic carbocycles. The maximum Gasteiger partial charge on any atom is 0.241 e. The van der Waals surface area contributed by atoms with E-state index >= 15 is 0 Å². The molecule has 0 unspecified atom stereocenters. The van der Waals surface area contributed by atoms with E-state index in [9.17, 15) is 8.42 Å². The van der Waals surface area contributed by atoms with E-state index in [2.05, 4.69) is 4.72 Å². The number of hydrogen-bond donors (Lipinski definition) is 3. The molecular weight excluding hydrogens is 298 g/mol. The smallest absolute Gasteiger partial charge is 0.241 e. The van der Waals surface area contributed by atoms with Gasteiger partial charge in [-0.2, -0.15) is 0 Å². The van der Waals surface area contributed by atoms with Crippen molar-refractivity contribution in [3.05, 3.63) is 18.2 Å². The van der Waals surface area contributed by atoms with Crippen molar-refractivity contribution in [2.24, 2.45) is 0 Å². The van der Waals surface area contributed by atoms with E-state index in [0.717, 1.165) is 0 Å². The maximum atomic E-state index is 12.2. The highest BCUT2D eigenvalue weighted by Gasteiger charge is 2.21. The Labute approximate surface area is 124 Å². The number of nitrogens with one attached hydrogen (secondary N) is 1. The molecule has 1 rings (SSSR count). The molecule has 1 aromatic rings. The average molecular weight is 319 g/mol. The van der Waals surface area contributed by atoms with Crippen LogP contribution in [0.1, 0.15) is 13.8 Å². The van der Waals surface area contributed by atoms with Gasteiger partial charge in [-0.25, -0.2) is 13.1 Å². The van der Waals surface area contributed by atoms with Crippen LogP contribution in [0, 0.1) is 0 Å². The van der Waals surface area contributed by atoms with Gasteiger partial charge in [-0.15, -0.1) is 0 Å². The summed E-state index contributed by atoms with van der Waals surface area (Å²) in [5.41, 5.74) is 0. The number of sulfonamides is 1. The van der Waals surface area contributed by atoms with Crippen molar-refractivity contribution < 1.29 is 28.1 Å².